The van der Waals surface area contributed by atoms with Crippen LogP contribution in [0, 0.1) is 0 Å². The molecule has 0 radical (unpaired) electrons. The van der Waals surface area contributed by atoms with E-state index < -0.39 is 11.6 Å². The molecule has 0 aliphatic rings. The van der Waals surface area contributed by atoms with Gasteiger partial charge < -0.3 is 14.0 Å². The fourth-order valence-corrected chi connectivity index (χ4v) is 1.63. The Morgan fingerprint density at radius 3 is 2.80 bits per heavy atom. The molecule has 0 atom stereocenters. The lowest BCUT2D eigenvalue weighted by Gasteiger charge is -2.19. The lowest BCUT2D eigenvalue weighted by molar-refractivity contribution is -0.157. The van der Waals surface area contributed by atoms with Crippen molar-refractivity contribution in [3.63, 3.8) is 0 Å². The lowest BCUT2D eigenvalue weighted by Crippen LogP contribution is -2.27. The molecule has 0 aliphatic heterocycles. The summed E-state index contributed by atoms with van der Waals surface area (Å²) >= 11 is 0. The molecule has 0 aliphatic carbocycles. The summed E-state index contributed by atoms with van der Waals surface area (Å²) in [6, 6.07) is 4.86. The van der Waals surface area contributed by atoms with Gasteiger partial charge in [0.05, 0.1) is 5.39 Å². The lowest BCUT2D eigenvalue weighted by atomic mass is 10.2. The van der Waals surface area contributed by atoms with Gasteiger partial charge in [0.2, 0.25) is 0 Å². The molecule has 0 spiro atoms. The Hall–Kier alpha value is -2.37. The fourth-order valence-electron chi connectivity index (χ4n) is 1.63. The molecule has 20 heavy (non-hydrogen) atoms. The van der Waals surface area contributed by atoms with Crippen molar-refractivity contribution in [1.29, 1.82) is 0 Å². The first-order chi connectivity index (χ1) is 9.39. The zero-order valence-corrected chi connectivity index (χ0v) is 11.5. The van der Waals surface area contributed by atoms with Crippen LogP contribution in [-0.4, -0.2) is 29.6 Å². The summed E-state index contributed by atoms with van der Waals surface area (Å²) in [4.78, 5) is 22.2. The smallest absolute Gasteiger partial charge is 0.344 e. The molecule has 1 aromatic carbocycles. The van der Waals surface area contributed by atoms with Crippen LogP contribution in [0.3, 0.4) is 0 Å². The number of fused-ring (bicyclic) bond motifs is 1. The number of benzene rings is 1. The van der Waals surface area contributed by atoms with E-state index in [2.05, 4.69) is 5.16 Å². The zero-order chi connectivity index (χ0) is 14.8. The SMILES string of the molecule is CC(C)(C)OC(=O)COc1ccc2c(C=O)noc2c1. The van der Waals surface area contributed by atoms with Gasteiger partial charge in [-0.1, -0.05) is 5.16 Å². The molecule has 2 aromatic rings. The first-order valence-electron chi connectivity index (χ1n) is 6.08. The van der Waals surface area contributed by atoms with Gasteiger partial charge in [0, 0.05) is 6.07 Å². The third-order valence-electron chi connectivity index (χ3n) is 2.36. The maximum absolute atomic E-state index is 11.5. The van der Waals surface area contributed by atoms with E-state index in [-0.39, 0.29) is 12.3 Å². The number of ether oxygens (including phenoxy) is 2. The second-order valence-electron chi connectivity index (χ2n) is 5.22. The second-order valence-corrected chi connectivity index (χ2v) is 5.22. The molecule has 1 heterocycles. The maximum atomic E-state index is 11.5. The summed E-state index contributed by atoms with van der Waals surface area (Å²) < 4.78 is 15.4. The molecule has 6 heteroatoms. The van der Waals surface area contributed by atoms with E-state index in [0.29, 0.717) is 23.0 Å². The Bertz CT molecular complexity index is 639. The molecule has 0 unspecified atom stereocenters. The Kier molecular flexibility index (Phi) is 3.74. The van der Waals surface area contributed by atoms with Crippen LogP contribution in [-0.2, 0) is 9.53 Å². The summed E-state index contributed by atoms with van der Waals surface area (Å²) in [7, 11) is 0. The molecular formula is C14H15NO5. The summed E-state index contributed by atoms with van der Waals surface area (Å²) in [5.41, 5.74) is 0.112. The Morgan fingerprint density at radius 2 is 2.15 bits per heavy atom. The van der Waals surface area contributed by atoms with Gasteiger partial charge in [0.1, 0.15) is 11.4 Å². The molecule has 2 rings (SSSR count). The molecule has 1 aromatic heterocycles. The van der Waals surface area contributed by atoms with Gasteiger partial charge in [0.25, 0.3) is 0 Å². The summed E-state index contributed by atoms with van der Waals surface area (Å²) in [6.45, 7) is 5.16. The number of hydrogen-bond acceptors (Lipinski definition) is 6. The second kappa shape index (κ2) is 5.32. The van der Waals surface area contributed by atoms with Gasteiger partial charge >= 0.3 is 5.97 Å². The Labute approximate surface area is 115 Å². The molecule has 6 nitrogen and oxygen atoms in total. The van der Waals surface area contributed by atoms with E-state index in [1.165, 1.54) is 0 Å². The van der Waals surface area contributed by atoms with Crippen LogP contribution < -0.4 is 4.74 Å². The third-order valence-corrected chi connectivity index (χ3v) is 2.36. The fraction of sp³-hybridized carbons (Fsp3) is 0.357. The largest absolute Gasteiger partial charge is 0.482 e. The summed E-state index contributed by atoms with van der Waals surface area (Å²) in [6.07, 6.45) is 0.618. The molecule has 0 saturated carbocycles. The van der Waals surface area contributed by atoms with Crippen molar-refractivity contribution in [1.82, 2.24) is 5.16 Å². The molecule has 0 bridgehead atoms. The number of aromatic nitrogens is 1. The highest BCUT2D eigenvalue weighted by Crippen LogP contribution is 2.23. The number of esters is 1. The number of hydrogen-bond donors (Lipinski definition) is 0. The number of nitrogens with zero attached hydrogens (tertiary/aromatic N) is 1. The van der Waals surface area contributed by atoms with Gasteiger partial charge in [-0.25, -0.2) is 4.79 Å². The van der Waals surface area contributed by atoms with E-state index in [0.717, 1.165) is 0 Å². The third kappa shape index (κ3) is 3.34. The molecule has 0 saturated heterocycles. The minimum absolute atomic E-state index is 0.197. The van der Waals surface area contributed by atoms with E-state index in [9.17, 15) is 9.59 Å². The van der Waals surface area contributed by atoms with Gasteiger partial charge in [-0.05, 0) is 32.9 Å². The average molecular weight is 277 g/mol. The van der Waals surface area contributed by atoms with Crippen molar-refractivity contribution < 1.29 is 23.6 Å². The van der Waals surface area contributed by atoms with Crippen LogP contribution in [0.2, 0.25) is 0 Å². The normalized spacial score (nSPS) is 11.3. The van der Waals surface area contributed by atoms with Crippen molar-refractivity contribution >= 4 is 23.2 Å². The van der Waals surface area contributed by atoms with Crippen LogP contribution in [0.15, 0.2) is 22.7 Å². The van der Waals surface area contributed by atoms with Crippen LogP contribution in [0.4, 0.5) is 0 Å². The maximum Gasteiger partial charge on any atom is 0.344 e. The predicted octanol–water partition coefficient (Wildman–Crippen LogP) is 2.36. The summed E-state index contributed by atoms with van der Waals surface area (Å²) in [5, 5.41) is 4.21. The van der Waals surface area contributed by atoms with Crippen LogP contribution in [0.1, 0.15) is 31.3 Å². The van der Waals surface area contributed by atoms with Crippen molar-refractivity contribution in [2.45, 2.75) is 26.4 Å². The standard InChI is InChI=1S/C14H15NO5/c1-14(2,3)19-13(17)8-18-9-4-5-10-11(7-16)15-20-12(10)6-9/h4-7H,8H2,1-3H3. The van der Waals surface area contributed by atoms with Crippen molar-refractivity contribution in [2.75, 3.05) is 6.61 Å². The van der Waals surface area contributed by atoms with Crippen LogP contribution in [0.25, 0.3) is 11.0 Å². The topological polar surface area (TPSA) is 78.6 Å². The van der Waals surface area contributed by atoms with Crippen molar-refractivity contribution in [2.24, 2.45) is 0 Å². The highest BCUT2D eigenvalue weighted by molar-refractivity contribution is 5.94. The molecule has 106 valence electrons. The van der Waals surface area contributed by atoms with Crippen molar-refractivity contribution in [3.05, 3.63) is 23.9 Å². The Morgan fingerprint density at radius 1 is 1.40 bits per heavy atom. The Balaban J connectivity index is 2.04. The highest BCUT2D eigenvalue weighted by atomic mass is 16.6. The molecule has 0 N–H and O–H groups in total. The molecule has 0 fully saturated rings. The van der Waals surface area contributed by atoms with Gasteiger partial charge in [0.15, 0.2) is 24.2 Å². The number of aldehydes is 1. The molecule has 0 amide bonds. The van der Waals surface area contributed by atoms with E-state index in [4.69, 9.17) is 14.0 Å². The number of carbonyl (C=O) groups excluding carboxylic acids is 2. The van der Waals surface area contributed by atoms with E-state index in [1.54, 1.807) is 39.0 Å². The average Bonchev–Trinajstić information content (AvgIpc) is 2.76. The minimum atomic E-state index is -0.547. The highest BCUT2D eigenvalue weighted by Gasteiger charge is 2.17. The number of rotatable bonds is 4. The van der Waals surface area contributed by atoms with Gasteiger partial charge in [-0.15, -0.1) is 0 Å². The minimum Gasteiger partial charge on any atom is -0.482 e. The van der Waals surface area contributed by atoms with Crippen LogP contribution in [0.5, 0.6) is 5.75 Å². The van der Waals surface area contributed by atoms with Gasteiger partial charge in [-0.2, -0.15) is 0 Å². The van der Waals surface area contributed by atoms with Crippen molar-refractivity contribution in [3.8, 4) is 5.75 Å². The molecular weight excluding hydrogens is 262 g/mol. The first-order valence-corrected chi connectivity index (χ1v) is 6.08. The monoisotopic (exact) mass is 277 g/mol. The van der Waals surface area contributed by atoms with E-state index in [1.807, 2.05) is 0 Å². The van der Waals surface area contributed by atoms with Crippen LogP contribution >= 0.6 is 0 Å². The number of carbonyl (C=O) groups is 2. The quantitative estimate of drug-likeness (QED) is 0.630. The zero-order valence-electron chi connectivity index (χ0n) is 11.5. The van der Waals surface area contributed by atoms with Gasteiger partial charge in [-0.3, -0.25) is 4.79 Å². The predicted molar refractivity (Wildman–Crippen MR) is 70.7 cm³/mol. The summed E-state index contributed by atoms with van der Waals surface area (Å²) in [5.74, 6) is -0.0132. The first kappa shape index (κ1) is 14.0. The van der Waals surface area contributed by atoms with E-state index >= 15 is 0 Å².